The highest BCUT2D eigenvalue weighted by Gasteiger charge is 2.37. The van der Waals surface area contributed by atoms with Crippen molar-refractivity contribution < 1.29 is 14.8 Å². The average Bonchev–Trinajstić information content (AvgIpc) is 2.51. The molecule has 0 spiro atoms. The molecule has 0 radical (unpaired) electrons. The molecular formula is C17H22BrNO3. The van der Waals surface area contributed by atoms with Crippen molar-refractivity contribution in [3.63, 3.8) is 0 Å². The minimum Gasteiger partial charge on any atom is -0.294 e. The molecule has 1 unspecified atom stereocenters. The van der Waals surface area contributed by atoms with Crippen molar-refractivity contribution in [2.75, 3.05) is 0 Å². The summed E-state index contributed by atoms with van der Waals surface area (Å²) in [5, 5.41) is 8.44. The predicted molar refractivity (Wildman–Crippen MR) is 87.9 cm³/mol. The number of Topliss-reactive ketones (excluding diaryl/α,β-unsaturated/α-hetero) is 1. The minimum absolute atomic E-state index is 0.245. The van der Waals surface area contributed by atoms with E-state index in [2.05, 4.69) is 22.9 Å². The first-order valence-electron chi connectivity index (χ1n) is 7.72. The van der Waals surface area contributed by atoms with E-state index in [4.69, 9.17) is 5.21 Å². The molecule has 0 aliphatic heterocycles. The predicted octanol–water partition coefficient (Wildman–Crippen LogP) is 4.04. The third-order valence-corrected chi connectivity index (χ3v) is 5.06. The molecule has 0 heterocycles. The molecular weight excluding hydrogens is 346 g/mol. The molecule has 2 rings (SSSR count). The Bertz CT molecular complexity index is 573. The average molecular weight is 368 g/mol. The summed E-state index contributed by atoms with van der Waals surface area (Å²) in [5.41, 5.74) is 3.34. The normalized spacial score (nSPS) is 20.6. The molecule has 0 bridgehead atoms. The number of aryl methyl sites for hydroxylation is 1. The number of nitrogens with one attached hydrogen (secondary N) is 1. The zero-order valence-corrected chi connectivity index (χ0v) is 14.4. The van der Waals surface area contributed by atoms with Gasteiger partial charge in [-0.1, -0.05) is 35.7 Å². The molecule has 120 valence electrons. The minimum atomic E-state index is -0.348. The topological polar surface area (TPSA) is 66.4 Å². The fourth-order valence-electron chi connectivity index (χ4n) is 3.11. The summed E-state index contributed by atoms with van der Waals surface area (Å²) in [6.07, 6.45) is 5.55. The van der Waals surface area contributed by atoms with Crippen molar-refractivity contribution in [2.45, 2.75) is 51.9 Å². The van der Waals surface area contributed by atoms with Gasteiger partial charge in [0.05, 0.1) is 0 Å². The molecule has 4 nitrogen and oxygen atoms in total. The molecule has 0 saturated heterocycles. The Balaban J connectivity index is 1.90. The maximum absolute atomic E-state index is 12.8. The molecule has 22 heavy (non-hydrogen) atoms. The quantitative estimate of drug-likeness (QED) is 0.452. The third kappa shape index (κ3) is 3.96. The van der Waals surface area contributed by atoms with Crippen LogP contribution in [0.4, 0.5) is 0 Å². The van der Waals surface area contributed by atoms with E-state index in [0.717, 1.165) is 54.1 Å². The van der Waals surface area contributed by atoms with Gasteiger partial charge in [0.15, 0.2) is 5.78 Å². The number of fused-ring (bicyclic) bond motifs is 1. The Labute approximate surface area is 139 Å². The zero-order chi connectivity index (χ0) is 16.2. The molecule has 2 N–H and O–H groups in total. The van der Waals surface area contributed by atoms with E-state index in [9.17, 15) is 9.59 Å². The van der Waals surface area contributed by atoms with Gasteiger partial charge in [-0.2, -0.15) is 0 Å². The van der Waals surface area contributed by atoms with Crippen molar-refractivity contribution in [1.29, 1.82) is 0 Å². The van der Waals surface area contributed by atoms with Crippen molar-refractivity contribution in [3.05, 3.63) is 33.8 Å². The zero-order valence-electron chi connectivity index (χ0n) is 12.8. The lowest BCUT2D eigenvalue weighted by Crippen LogP contribution is -2.33. The van der Waals surface area contributed by atoms with Gasteiger partial charge in [0.25, 0.3) is 0 Å². The Morgan fingerprint density at radius 1 is 1.36 bits per heavy atom. The fraction of sp³-hybridized carbons (Fsp3) is 0.529. The van der Waals surface area contributed by atoms with E-state index in [1.165, 1.54) is 0 Å². The number of halogens is 1. The summed E-state index contributed by atoms with van der Waals surface area (Å²) in [6, 6.07) is 5.89. The van der Waals surface area contributed by atoms with Gasteiger partial charge in [-0.15, -0.1) is 0 Å². The third-order valence-electron chi connectivity index (χ3n) is 4.56. The summed E-state index contributed by atoms with van der Waals surface area (Å²) >= 11 is 3.45. The fourth-order valence-corrected chi connectivity index (χ4v) is 3.52. The lowest BCUT2D eigenvalue weighted by Gasteiger charge is -2.33. The number of rotatable bonds is 6. The maximum Gasteiger partial charge on any atom is 0.243 e. The lowest BCUT2D eigenvalue weighted by molar-refractivity contribution is -0.129. The molecule has 5 heteroatoms. The van der Waals surface area contributed by atoms with Crippen LogP contribution in [-0.2, 0) is 11.2 Å². The van der Waals surface area contributed by atoms with Crippen LogP contribution in [0.3, 0.4) is 0 Å². The number of amides is 1. The monoisotopic (exact) mass is 367 g/mol. The highest BCUT2D eigenvalue weighted by molar-refractivity contribution is 9.10. The van der Waals surface area contributed by atoms with Crippen molar-refractivity contribution in [3.8, 4) is 0 Å². The van der Waals surface area contributed by atoms with Crippen LogP contribution in [-0.4, -0.2) is 16.9 Å². The van der Waals surface area contributed by atoms with Gasteiger partial charge in [0, 0.05) is 21.9 Å². The van der Waals surface area contributed by atoms with Gasteiger partial charge in [-0.05, 0) is 49.4 Å². The highest BCUT2D eigenvalue weighted by atomic mass is 79.9. The molecule has 0 saturated carbocycles. The first kappa shape index (κ1) is 17.2. The van der Waals surface area contributed by atoms with Crippen LogP contribution in [0.15, 0.2) is 22.7 Å². The van der Waals surface area contributed by atoms with Gasteiger partial charge < -0.3 is 0 Å². The highest BCUT2D eigenvalue weighted by Crippen LogP contribution is 2.39. The number of hydroxylamine groups is 1. The van der Waals surface area contributed by atoms with E-state index >= 15 is 0 Å². The SMILES string of the molecule is CC1(CCCCCC(=O)NO)CCc2cc(Br)ccc2C1=O. The number of ketones is 1. The number of unbranched alkanes of at least 4 members (excludes halogenated alkanes) is 2. The van der Waals surface area contributed by atoms with Crippen LogP contribution in [0.2, 0.25) is 0 Å². The van der Waals surface area contributed by atoms with Crippen molar-refractivity contribution in [2.24, 2.45) is 5.41 Å². The van der Waals surface area contributed by atoms with Crippen LogP contribution in [0.1, 0.15) is 61.4 Å². The second-order valence-electron chi connectivity index (χ2n) is 6.29. The number of benzene rings is 1. The van der Waals surface area contributed by atoms with Gasteiger partial charge in [-0.25, -0.2) is 5.48 Å². The van der Waals surface area contributed by atoms with E-state index in [0.29, 0.717) is 6.42 Å². The van der Waals surface area contributed by atoms with E-state index in [1.807, 2.05) is 18.2 Å². The van der Waals surface area contributed by atoms with Crippen LogP contribution >= 0.6 is 15.9 Å². The largest absolute Gasteiger partial charge is 0.294 e. The van der Waals surface area contributed by atoms with Crippen molar-refractivity contribution >= 4 is 27.6 Å². The lowest BCUT2D eigenvalue weighted by atomic mass is 9.69. The molecule has 1 atom stereocenters. The second kappa shape index (κ2) is 7.38. The molecule has 0 fully saturated rings. The summed E-state index contributed by atoms with van der Waals surface area (Å²) in [4.78, 5) is 23.7. The Morgan fingerprint density at radius 3 is 2.86 bits per heavy atom. The Kier molecular flexibility index (Phi) is 5.75. The summed E-state index contributed by atoms with van der Waals surface area (Å²) in [6.45, 7) is 2.06. The smallest absolute Gasteiger partial charge is 0.243 e. The number of hydrogen-bond donors (Lipinski definition) is 2. The van der Waals surface area contributed by atoms with Gasteiger partial charge in [-0.3, -0.25) is 14.8 Å². The summed E-state index contributed by atoms with van der Waals surface area (Å²) in [7, 11) is 0. The molecule has 1 aliphatic carbocycles. The Hall–Kier alpha value is -1.20. The van der Waals surface area contributed by atoms with Gasteiger partial charge >= 0.3 is 0 Å². The van der Waals surface area contributed by atoms with E-state index in [1.54, 1.807) is 5.48 Å². The summed E-state index contributed by atoms with van der Waals surface area (Å²) < 4.78 is 1.02. The summed E-state index contributed by atoms with van der Waals surface area (Å²) in [5.74, 6) is -0.103. The number of carbonyl (C=O) groups is 2. The number of carbonyl (C=O) groups excluding carboxylic acids is 2. The van der Waals surface area contributed by atoms with E-state index < -0.39 is 0 Å². The van der Waals surface area contributed by atoms with E-state index in [-0.39, 0.29) is 17.1 Å². The standard InChI is InChI=1S/C17H22BrNO3/c1-17(9-4-2-3-5-15(20)19-22)10-8-12-11-13(18)6-7-14(12)16(17)21/h6-7,11,22H,2-5,8-10H2,1H3,(H,19,20). The van der Waals surface area contributed by atoms with Crippen LogP contribution in [0.25, 0.3) is 0 Å². The second-order valence-corrected chi connectivity index (χ2v) is 7.20. The first-order chi connectivity index (χ1) is 10.5. The molecule has 1 aliphatic rings. The molecule has 1 aromatic rings. The molecule has 1 amide bonds. The van der Waals surface area contributed by atoms with Crippen molar-refractivity contribution in [1.82, 2.24) is 5.48 Å². The molecule has 1 aromatic carbocycles. The van der Waals surface area contributed by atoms with Crippen LogP contribution < -0.4 is 5.48 Å². The first-order valence-corrected chi connectivity index (χ1v) is 8.52. The van der Waals surface area contributed by atoms with Crippen LogP contribution in [0.5, 0.6) is 0 Å². The van der Waals surface area contributed by atoms with Gasteiger partial charge in [0.2, 0.25) is 5.91 Å². The Morgan fingerprint density at radius 2 is 2.14 bits per heavy atom. The van der Waals surface area contributed by atoms with Crippen LogP contribution in [0, 0.1) is 5.41 Å². The van der Waals surface area contributed by atoms with Gasteiger partial charge in [0.1, 0.15) is 0 Å². The maximum atomic E-state index is 12.8. The molecule has 0 aromatic heterocycles. The number of hydrogen-bond acceptors (Lipinski definition) is 3.